The molecule has 0 aliphatic carbocycles. The van der Waals surface area contributed by atoms with Gasteiger partial charge < -0.3 is 8.98 Å². The first-order valence-corrected chi connectivity index (χ1v) is 17.7. The smallest absolute Gasteiger partial charge is 0.164 e. The lowest BCUT2D eigenvalue weighted by atomic mass is 9.59. The number of rotatable bonds is 5. The van der Waals surface area contributed by atoms with Gasteiger partial charge in [0.2, 0.25) is 0 Å². The highest BCUT2D eigenvalue weighted by Gasteiger charge is 2.22. The molecule has 0 fully saturated rings. The Hall–Kier alpha value is -6.53. The van der Waals surface area contributed by atoms with Gasteiger partial charge in [-0.2, -0.15) is 0 Å². The van der Waals surface area contributed by atoms with Crippen molar-refractivity contribution < 1.29 is 4.42 Å². The van der Waals surface area contributed by atoms with Crippen LogP contribution < -0.4 is 27.3 Å². The molecule has 3 heterocycles. The van der Waals surface area contributed by atoms with E-state index in [2.05, 4.69) is 59.2 Å². The van der Waals surface area contributed by atoms with E-state index in [0.717, 1.165) is 60.9 Å². The van der Waals surface area contributed by atoms with Crippen LogP contribution >= 0.6 is 0 Å². The second-order valence-corrected chi connectivity index (χ2v) is 13.5. The van der Waals surface area contributed by atoms with Gasteiger partial charge in [-0.25, -0.2) is 15.0 Å². The first-order chi connectivity index (χ1) is 26.9. The molecular formula is C45H23B5N4O. The van der Waals surface area contributed by atoms with Gasteiger partial charge in [0.25, 0.3) is 0 Å². The van der Waals surface area contributed by atoms with E-state index in [9.17, 15) is 0 Å². The molecule has 10 heteroatoms. The van der Waals surface area contributed by atoms with Gasteiger partial charge in [0.1, 0.15) is 50.4 Å². The summed E-state index contributed by atoms with van der Waals surface area (Å²) in [6.07, 6.45) is 0. The summed E-state index contributed by atoms with van der Waals surface area (Å²) >= 11 is 0. The molecule has 0 aliphatic heterocycles. The highest BCUT2D eigenvalue weighted by atomic mass is 16.3. The highest BCUT2D eigenvalue weighted by molar-refractivity contribution is 6.68. The molecule has 0 amide bonds. The van der Waals surface area contributed by atoms with Crippen molar-refractivity contribution in [3.05, 3.63) is 140 Å². The van der Waals surface area contributed by atoms with Gasteiger partial charge in [-0.3, -0.25) is 0 Å². The zero-order chi connectivity index (χ0) is 37.4. The van der Waals surface area contributed by atoms with E-state index in [1.165, 1.54) is 10.8 Å². The van der Waals surface area contributed by atoms with Gasteiger partial charge in [-0.15, -0.1) is 16.4 Å². The summed E-state index contributed by atoms with van der Waals surface area (Å²) < 4.78 is 8.89. The third-order valence-corrected chi connectivity index (χ3v) is 10.4. The largest absolute Gasteiger partial charge is 0.456 e. The molecule has 0 atom stereocenters. The molecule has 0 bridgehead atoms. The summed E-state index contributed by atoms with van der Waals surface area (Å²) in [6.45, 7) is 0. The Balaban J connectivity index is 1.20. The number of fused-ring (bicyclic) bond motifs is 6. The number of hydrogen-bond donors (Lipinski definition) is 0. The average molecular weight is 690 g/mol. The van der Waals surface area contributed by atoms with Gasteiger partial charge in [0.15, 0.2) is 17.5 Å². The first kappa shape index (κ1) is 33.1. The predicted octanol–water partition coefficient (Wildman–Crippen LogP) is 5.51. The van der Waals surface area contributed by atoms with Crippen LogP contribution in [0.1, 0.15) is 0 Å². The van der Waals surface area contributed by atoms with Crippen LogP contribution in [0.25, 0.3) is 94.7 Å². The Labute approximate surface area is 323 Å². The fraction of sp³-hybridized carbons (Fsp3) is 0. The van der Waals surface area contributed by atoms with E-state index in [0.29, 0.717) is 23.0 Å². The molecule has 0 saturated carbocycles. The number of benzene rings is 7. The molecule has 5 nitrogen and oxygen atoms in total. The van der Waals surface area contributed by atoms with Gasteiger partial charge in [0.05, 0.1) is 22.1 Å². The lowest BCUT2D eigenvalue weighted by molar-refractivity contribution is 0.669. The SMILES string of the molecule is [B]c1c([B])c([B])c(-c2ccc(-c3nc(-c4ccccc4)nc(-c4cccc5oc6cccc(-n7c8ccccc8c8ccccc87)c6c45)n3)cc2)c([B])c1[B]. The van der Waals surface area contributed by atoms with Crippen LogP contribution in [0.2, 0.25) is 0 Å². The van der Waals surface area contributed by atoms with Gasteiger partial charge in [-0.05, 0) is 41.5 Å². The van der Waals surface area contributed by atoms with Gasteiger partial charge in [-0.1, -0.05) is 120 Å². The molecule has 244 valence electrons. The zero-order valence-electron chi connectivity index (χ0n) is 29.4. The van der Waals surface area contributed by atoms with Crippen LogP contribution in [0.3, 0.4) is 0 Å². The molecule has 10 rings (SSSR count). The number of furan rings is 1. The monoisotopic (exact) mass is 690 g/mol. The molecule has 10 radical (unpaired) electrons. The third kappa shape index (κ3) is 5.19. The number of para-hydroxylation sites is 2. The van der Waals surface area contributed by atoms with Crippen molar-refractivity contribution in [2.75, 3.05) is 0 Å². The molecule has 0 aliphatic rings. The summed E-state index contributed by atoms with van der Waals surface area (Å²) in [7, 11) is 31.2. The summed E-state index contributed by atoms with van der Waals surface area (Å²) in [5, 5.41) is 4.23. The molecular weight excluding hydrogens is 667 g/mol. The minimum Gasteiger partial charge on any atom is -0.456 e. The summed E-state index contributed by atoms with van der Waals surface area (Å²) in [5.74, 6) is 1.52. The van der Waals surface area contributed by atoms with Crippen molar-refractivity contribution in [3.8, 4) is 51.0 Å². The van der Waals surface area contributed by atoms with Crippen molar-refractivity contribution >= 4 is 110 Å². The molecule has 7 aromatic carbocycles. The Morgan fingerprint density at radius 3 is 1.53 bits per heavy atom. The minimum atomic E-state index is 0.170. The fourth-order valence-electron chi connectivity index (χ4n) is 7.69. The van der Waals surface area contributed by atoms with Gasteiger partial charge in [0, 0.05) is 32.8 Å². The van der Waals surface area contributed by atoms with Crippen molar-refractivity contribution in [2.45, 2.75) is 0 Å². The van der Waals surface area contributed by atoms with E-state index in [1.54, 1.807) is 0 Å². The van der Waals surface area contributed by atoms with E-state index in [1.807, 2.05) is 84.9 Å². The molecule has 0 spiro atoms. The molecule has 3 aromatic heterocycles. The van der Waals surface area contributed by atoms with Crippen LogP contribution in [0, 0.1) is 0 Å². The molecule has 10 aromatic rings. The standard InChI is InChI=1S/C45H23B5N4O/c46-38-35(39(47)41(49)42(50)40(38)48)24-20-22-26(23-21-24)44-51-43(25-10-2-1-3-11-25)52-45(53-44)29-14-8-18-33-36(29)37-32(17-9-19-34(37)55-33)54-30-15-6-4-12-27(30)28-13-5-7-16-31(28)54/h1-23H. The Morgan fingerprint density at radius 1 is 0.400 bits per heavy atom. The lowest BCUT2D eigenvalue weighted by Gasteiger charge is -2.21. The molecule has 0 unspecified atom stereocenters. The zero-order valence-corrected chi connectivity index (χ0v) is 29.4. The third-order valence-electron chi connectivity index (χ3n) is 10.4. The summed E-state index contributed by atoms with van der Waals surface area (Å²) in [6, 6.07) is 46.6. The van der Waals surface area contributed by atoms with Crippen molar-refractivity contribution in [1.29, 1.82) is 0 Å². The number of nitrogens with zero attached hydrogens (tertiary/aromatic N) is 4. The molecule has 0 saturated heterocycles. The fourth-order valence-corrected chi connectivity index (χ4v) is 7.69. The summed E-state index contributed by atoms with van der Waals surface area (Å²) in [4.78, 5) is 15.2. The maximum Gasteiger partial charge on any atom is 0.164 e. The topological polar surface area (TPSA) is 56.7 Å². The van der Waals surface area contributed by atoms with Crippen LogP contribution in [0.4, 0.5) is 0 Å². The maximum absolute atomic E-state index is 6.58. The Kier molecular flexibility index (Phi) is 7.70. The summed E-state index contributed by atoms with van der Waals surface area (Å²) in [5.41, 5.74) is 9.47. The van der Waals surface area contributed by atoms with Crippen molar-refractivity contribution in [2.24, 2.45) is 0 Å². The average Bonchev–Trinajstić information content (AvgIpc) is 3.79. The molecule has 55 heavy (non-hydrogen) atoms. The molecule has 0 N–H and O–H groups in total. The Morgan fingerprint density at radius 2 is 0.891 bits per heavy atom. The predicted molar refractivity (Wildman–Crippen MR) is 230 cm³/mol. The van der Waals surface area contributed by atoms with E-state index >= 15 is 0 Å². The van der Waals surface area contributed by atoms with E-state index < -0.39 is 0 Å². The van der Waals surface area contributed by atoms with E-state index in [-0.39, 0.29) is 27.3 Å². The lowest BCUT2D eigenvalue weighted by Crippen LogP contribution is -2.55. The van der Waals surface area contributed by atoms with Crippen LogP contribution in [0.5, 0.6) is 0 Å². The van der Waals surface area contributed by atoms with Crippen molar-refractivity contribution in [1.82, 2.24) is 19.5 Å². The van der Waals surface area contributed by atoms with E-state index in [4.69, 9.17) is 58.6 Å². The normalized spacial score (nSPS) is 11.6. The number of aromatic nitrogens is 4. The second-order valence-electron chi connectivity index (χ2n) is 13.5. The first-order valence-electron chi connectivity index (χ1n) is 17.7. The minimum absolute atomic E-state index is 0.170. The van der Waals surface area contributed by atoms with Gasteiger partial charge >= 0.3 is 0 Å². The number of hydrogen-bond acceptors (Lipinski definition) is 4. The Bertz CT molecular complexity index is 3070. The van der Waals surface area contributed by atoms with Crippen LogP contribution in [-0.4, -0.2) is 58.8 Å². The van der Waals surface area contributed by atoms with Crippen molar-refractivity contribution in [3.63, 3.8) is 0 Å². The van der Waals surface area contributed by atoms with Crippen LogP contribution in [-0.2, 0) is 0 Å². The highest BCUT2D eigenvalue weighted by Crippen LogP contribution is 2.42. The maximum atomic E-state index is 6.58. The quantitative estimate of drug-likeness (QED) is 0.224. The van der Waals surface area contributed by atoms with Crippen LogP contribution in [0.15, 0.2) is 144 Å². The second kappa shape index (κ2) is 12.8.